The lowest BCUT2D eigenvalue weighted by atomic mass is 9.97. The standard InChI is InChI=1S/C19H21NO2/c1-15-6-8-16(9-7-15)19(21)18-5-3-2-4-17(18)14-20-10-12-22-13-11-20/h2-9H,10-14H2,1H3. The van der Waals surface area contributed by atoms with Crippen LogP contribution in [0.4, 0.5) is 0 Å². The van der Waals surface area contributed by atoms with Gasteiger partial charge in [-0.25, -0.2) is 0 Å². The van der Waals surface area contributed by atoms with E-state index in [-0.39, 0.29) is 5.78 Å². The summed E-state index contributed by atoms with van der Waals surface area (Å²) >= 11 is 0. The predicted molar refractivity (Wildman–Crippen MR) is 87.1 cm³/mol. The molecule has 22 heavy (non-hydrogen) atoms. The number of ketones is 1. The Morgan fingerprint density at radius 3 is 2.45 bits per heavy atom. The zero-order chi connectivity index (χ0) is 15.4. The van der Waals surface area contributed by atoms with Crippen molar-refractivity contribution in [2.75, 3.05) is 26.3 Å². The van der Waals surface area contributed by atoms with Crippen LogP contribution in [0.2, 0.25) is 0 Å². The highest BCUT2D eigenvalue weighted by atomic mass is 16.5. The molecule has 1 aliphatic heterocycles. The van der Waals surface area contributed by atoms with Crippen molar-refractivity contribution < 1.29 is 9.53 Å². The third-order valence-corrected chi connectivity index (χ3v) is 4.07. The molecule has 1 aliphatic rings. The minimum atomic E-state index is 0.101. The maximum Gasteiger partial charge on any atom is 0.193 e. The summed E-state index contributed by atoms with van der Waals surface area (Å²) in [5.74, 6) is 0.101. The van der Waals surface area contributed by atoms with Gasteiger partial charge in [-0.3, -0.25) is 9.69 Å². The number of carbonyl (C=O) groups is 1. The molecule has 114 valence electrons. The molecule has 0 aliphatic carbocycles. The van der Waals surface area contributed by atoms with E-state index >= 15 is 0 Å². The Bertz CT molecular complexity index is 643. The summed E-state index contributed by atoms with van der Waals surface area (Å²) in [6.45, 7) is 6.22. The van der Waals surface area contributed by atoms with E-state index in [0.717, 1.165) is 55.1 Å². The summed E-state index contributed by atoms with van der Waals surface area (Å²) in [6, 6.07) is 15.7. The third-order valence-electron chi connectivity index (χ3n) is 4.07. The number of carbonyl (C=O) groups excluding carboxylic acids is 1. The minimum absolute atomic E-state index is 0.101. The molecular formula is C19H21NO2. The second-order valence-electron chi connectivity index (χ2n) is 5.74. The van der Waals surface area contributed by atoms with Gasteiger partial charge in [0.25, 0.3) is 0 Å². The second kappa shape index (κ2) is 6.86. The number of benzene rings is 2. The molecule has 0 atom stereocenters. The van der Waals surface area contributed by atoms with E-state index < -0.39 is 0 Å². The fourth-order valence-corrected chi connectivity index (χ4v) is 2.74. The van der Waals surface area contributed by atoms with Crippen molar-refractivity contribution in [2.45, 2.75) is 13.5 Å². The van der Waals surface area contributed by atoms with Crippen molar-refractivity contribution in [3.63, 3.8) is 0 Å². The zero-order valence-electron chi connectivity index (χ0n) is 12.9. The van der Waals surface area contributed by atoms with E-state index in [1.807, 2.05) is 49.4 Å². The number of hydrogen-bond donors (Lipinski definition) is 0. The van der Waals surface area contributed by atoms with Crippen LogP contribution in [-0.2, 0) is 11.3 Å². The van der Waals surface area contributed by atoms with Crippen LogP contribution in [0.5, 0.6) is 0 Å². The van der Waals surface area contributed by atoms with E-state index in [2.05, 4.69) is 11.0 Å². The third kappa shape index (κ3) is 3.43. The van der Waals surface area contributed by atoms with Crippen LogP contribution in [0.1, 0.15) is 27.0 Å². The number of ether oxygens (including phenoxy) is 1. The Morgan fingerprint density at radius 1 is 1.05 bits per heavy atom. The van der Waals surface area contributed by atoms with Crippen LogP contribution >= 0.6 is 0 Å². The Labute approximate surface area is 131 Å². The predicted octanol–water partition coefficient (Wildman–Crippen LogP) is 3.06. The first-order valence-corrected chi connectivity index (χ1v) is 7.73. The summed E-state index contributed by atoms with van der Waals surface area (Å²) in [7, 11) is 0. The number of morpholine rings is 1. The highest BCUT2D eigenvalue weighted by molar-refractivity contribution is 6.09. The molecule has 0 aromatic heterocycles. The van der Waals surface area contributed by atoms with Gasteiger partial charge in [0.2, 0.25) is 0 Å². The van der Waals surface area contributed by atoms with E-state index in [4.69, 9.17) is 4.74 Å². The summed E-state index contributed by atoms with van der Waals surface area (Å²) < 4.78 is 5.39. The van der Waals surface area contributed by atoms with Gasteiger partial charge in [-0.15, -0.1) is 0 Å². The first kappa shape index (κ1) is 14.9. The highest BCUT2D eigenvalue weighted by Crippen LogP contribution is 2.17. The fraction of sp³-hybridized carbons (Fsp3) is 0.316. The average molecular weight is 295 g/mol. The lowest BCUT2D eigenvalue weighted by Gasteiger charge is -2.27. The summed E-state index contributed by atoms with van der Waals surface area (Å²) in [6.07, 6.45) is 0. The molecular weight excluding hydrogens is 274 g/mol. The number of aryl methyl sites for hydroxylation is 1. The van der Waals surface area contributed by atoms with Crippen LogP contribution < -0.4 is 0 Å². The van der Waals surface area contributed by atoms with Crippen LogP contribution in [0.15, 0.2) is 48.5 Å². The van der Waals surface area contributed by atoms with Gasteiger partial charge in [0, 0.05) is 30.8 Å². The molecule has 0 saturated carbocycles. The van der Waals surface area contributed by atoms with Crippen molar-refractivity contribution in [1.82, 2.24) is 4.90 Å². The Kier molecular flexibility index (Phi) is 4.66. The first-order valence-electron chi connectivity index (χ1n) is 7.73. The van der Waals surface area contributed by atoms with Crippen LogP contribution in [-0.4, -0.2) is 37.0 Å². The highest BCUT2D eigenvalue weighted by Gasteiger charge is 2.16. The molecule has 3 heteroatoms. The van der Waals surface area contributed by atoms with Gasteiger partial charge in [-0.2, -0.15) is 0 Å². The maximum absolute atomic E-state index is 12.8. The number of hydrogen-bond acceptors (Lipinski definition) is 3. The summed E-state index contributed by atoms with van der Waals surface area (Å²) in [4.78, 5) is 15.1. The quantitative estimate of drug-likeness (QED) is 0.812. The monoisotopic (exact) mass is 295 g/mol. The molecule has 0 amide bonds. The molecule has 1 fully saturated rings. The van der Waals surface area contributed by atoms with Crippen LogP contribution in [0.3, 0.4) is 0 Å². The molecule has 0 spiro atoms. The normalized spacial score (nSPS) is 15.7. The molecule has 0 radical (unpaired) electrons. The molecule has 1 saturated heterocycles. The van der Waals surface area contributed by atoms with Crippen LogP contribution in [0, 0.1) is 6.92 Å². The van der Waals surface area contributed by atoms with E-state index in [1.165, 1.54) is 0 Å². The number of nitrogens with zero attached hydrogens (tertiary/aromatic N) is 1. The summed E-state index contributed by atoms with van der Waals surface area (Å²) in [5.41, 5.74) is 3.81. The van der Waals surface area contributed by atoms with E-state index in [0.29, 0.717) is 0 Å². The molecule has 2 aromatic rings. The smallest absolute Gasteiger partial charge is 0.193 e. The average Bonchev–Trinajstić information content (AvgIpc) is 2.56. The molecule has 0 N–H and O–H groups in total. The Hall–Kier alpha value is -1.97. The number of rotatable bonds is 4. The summed E-state index contributed by atoms with van der Waals surface area (Å²) in [5, 5.41) is 0. The van der Waals surface area contributed by atoms with Crippen molar-refractivity contribution >= 4 is 5.78 Å². The zero-order valence-corrected chi connectivity index (χ0v) is 12.9. The molecule has 3 rings (SSSR count). The largest absolute Gasteiger partial charge is 0.379 e. The minimum Gasteiger partial charge on any atom is -0.379 e. The second-order valence-corrected chi connectivity index (χ2v) is 5.74. The Morgan fingerprint density at radius 2 is 1.73 bits per heavy atom. The molecule has 2 aromatic carbocycles. The SMILES string of the molecule is Cc1ccc(C(=O)c2ccccc2CN2CCOCC2)cc1. The van der Waals surface area contributed by atoms with Gasteiger partial charge in [0.15, 0.2) is 5.78 Å². The van der Waals surface area contributed by atoms with Crippen molar-refractivity contribution in [2.24, 2.45) is 0 Å². The lowest BCUT2D eigenvalue weighted by Crippen LogP contribution is -2.36. The first-order chi connectivity index (χ1) is 10.7. The van der Waals surface area contributed by atoms with Crippen molar-refractivity contribution in [3.8, 4) is 0 Å². The van der Waals surface area contributed by atoms with Crippen molar-refractivity contribution in [1.29, 1.82) is 0 Å². The maximum atomic E-state index is 12.8. The Balaban J connectivity index is 1.83. The lowest BCUT2D eigenvalue weighted by molar-refractivity contribution is 0.0341. The van der Waals surface area contributed by atoms with Gasteiger partial charge in [-0.1, -0.05) is 54.1 Å². The van der Waals surface area contributed by atoms with Gasteiger partial charge in [0.1, 0.15) is 0 Å². The molecule has 1 heterocycles. The van der Waals surface area contributed by atoms with Gasteiger partial charge < -0.3 is 4.74 Å². The van der Waals surface area contributed by atoms with E-state index in [9.17, 15) is 4.79 Å². The van der Waals surface area contributed by atoms with Gasteiger partial charge >= 0.3 is 0 Å². The molecule has 0 bridgehead atoms. The molecule has 0 unspecified atom stereocenters. The fourth-order valence-electron chi connectivity index (χ4n) is 2.74. The topological polar surface area (TPSA) is 29.5 Å². The van der Waals surface area contributed by atoms with Gasteiger partial charge in [-0.05, 0) is 12.5 Å². The van der Waals surface area contributed by atoms with Crippen LogP contribution in [0.25, 0.3) is 0 Å². The molecule has 3 nitrogen and oxygen atoms in total. The van der Waals surface area contributed by atoms with Gasteiger partial charge in [0.05, 0.1) is 13.2 Å². The van der Waals surface area contributed by atoms with Crippen molar-refractivity contribution in [3.05, 3.63) is 70.8 Å². The van der Waals surface area contributed by atoms with E-state index in [1.54, 1.807) is 0 Å².